The average molecular weight is 495 g/mol. The summed E-state index contributed by atoms with van der Waals surface area (Å²) < 4.78 is 17.2. The van der Waals surface area contributed by atoms with Gasteiger partial charge >= 0.3 is 0 Å². The van der Waals surface area contributed by atoms with Crippen LogP contribution in [0.15, 0.2) is 47.6 Å². The van der Waals surface area contributed by atoms with E-state index in [1.165, 1.54) is 0 Å². The van der Waals surface area contributed by atoms with Crippen LogP contribution in [-0.4, -0.2) is 44.8 Å². The third-order valence-corrected chi connectivity index (χ3v) is 7.92. The fourth-order valence-corrected chi connectivity index (χ4v) is 5.48. The van der Waals surface area contributed by atoms with Crippen LogP contribution in [0.4, 0.5) is 4.39 Å². The van der Waals surface area contributed by atoms with E-state index in [9.17, 15) is 9.59 Å². The molecule has 1 amide bonds. The number of amides is 1. The van der Waals surface area contributed by atoms with E-state index in [1.807, 2.05) is 49.7 Å². The van der Waals surface area contributed by atoms with E-state index in [-0.39, 0.29) is 29.9 Å². The SMILES string of the molecule is CCCN(CC/C=C(/CC)C(=O)C1(N)CCC1)C(=O)C1=C(F)CC(c2ccc3c(c2)ncn3C)CC1. The second kappa shape index (κ2) is 11.1. The first kappa shape index (κ1) is 26.3. The molecule has 1 heterocycles. The molecule has 2 N–H and O–H groups in total. The summed E-state index contributed by atoms with van der Waals surface area (Å²) in [5, 5.41) is 0. The number of allylic oxidation sites excluding steroid dienone is 1. The zero-order valence-electron chi connectivity index (χ0n) is 21.9. The Labute approximate surface area is 213 Å². The van der Waals surface area contributed by atoms with Crippen LogP contribution in [-0.2, 0) is 16.6 Å². The second-order valence-electron chi connectivity index (χ2n) is 10.4. The topological polar surface area (TPSA) is 81.2 Å². The van der Waals surface area contributed by atoms with Crippen molar-refractivity contribution in [2.24, 2.45) is 12.8 Å². The number of nitrogens with zero attached hydrogens (tertiary/aromatic N) is 3. The average Bonchev–Trinajstić information content (AvgIpc) is 3.23. The highest BCUT2D eigenvalue weighted by Gasteiger charge is 2.40. The third-order valence-electron chi connectivity index (χ3n) is 7.92. The highest BCUT2D eigenvalue weighted by Crippen LogP contribution is 2.38. The van der Waals surface area contributed by atoms with Crippen molar-refractivity contribution in [2.75, 3.05) is 13.1 Å². The van der Waals surface area contributed by atoms with Gasteiger partial charge in [-0.25, -0.2) is 9.37 Å². The minimum Gasteiger partial charge on any atom is -0.339 e. The molecule has 0 bridgehead atoms. The Kier molecular flexibility index (Phi) is 8.08. The lowest BCUT2D eigenvalue weighted by Gasteiger charge is -2.37. The van der Waals surface area contributed by atoms with Crippen LogP contribution in [0.25, 0.3) is 11.0 Å². The molecule has 4 rings (SSSR count). The quantitative estimate of drug-likeness (QED) is 0.444. The summed E-state index contributed by atoms with van der Waals surface area (Å²) in [5.41, 5.74) is 9.62. The number of Topliss-reactive ketones (excluding diaryl/α,β-unsaturated/α-hetero) is 1. The molecule has 1 saturated carbocycles. The van der Waals surface area contributed by atoms with Crippen molar-refractivity contribution in [3.63, 3.8) is 0 Å². The molecule has 0 aliphatic heterocycles. The standard InChI is InChI=1S/C29H39FN4O2/c1-4-15-34(16-6-8-20(5-2)27(35)29(31)13-7-14-29)28(36)23-11-9-21(17-24(23)30)22-10-12-26-25(18-22)32-19-33(26)3/h8,10,12,18-19,21H,4-7,9,11,13-17,31H2,1-3H3/b20-8-. The van der Waals surface area contributed by atoms with Gasteiger partial charge in [0.25, 0.3) is 5.91 Å². The summed E-state index contributed by atoms with van der Waals surface area (Å²) in [6.45, 7) is 5.02. The maximum absolute atomic E-state index is 15.3. The van der Waals surface area contributed by atoms with Gasteiger partial charge in [-0.1, -0.05) is 26.0 Å². The zero-order valence-corrected chi connectivity index (χ0v) is 21.9. The molecule has 6 nitrogen and oxygen atoms in total. The highest BCUT2D eigenvalue weighted by atomic mass is 19.1. The van der Waals surface area contributed by atoms with Gasteiger partial charge in [0.05, 0.1) is 22.9 Å². The molecular weight excluding hydrogens is 455 g/mol. The van der Waals surface area contributed by atoms with Crippen molar-refractivity contribution in [3.05, 3.63) is 53.1 Å². The predicted octanol–water partition coefficient (Wildman–Crippen LogP) is 5.48. The molecule has 1 fully saturated rings. The fraction of sp³-hybridized carbons (Fsp3) is 0.552. The van der Waals surface area contributed by atoms with Crippen LogP contribution in [0.5, 0.6) is 0 Å². The van der Waals surface area contributed by atoms with Gasteiger partial charge < -0.3 is 15.2 Å². The summed E-state index contributed by atoms with van der Waals surface area (Å²) in [5.74, 6) is -0.419. The van der Waals surface area contributed by atoms with Gasteiger partial charge in [-0.05, 0) is 80.6 Å². The maximum atomic E-state index is 15.3. The number of benzene rings is 1. The Balaban J connectivity index is 1.42. The Morgan fingerprint density at radius 2 is 2.06 bits per heavy atom. The van der Waals surface area contributed by atoms with E-state index in [1.54, 1.807) is 11.2 Å². The van der Waals surface area contributed by atoms with Crippen LogP contribution in [0.2, 0.25) is 0 Å². The molecule has 1 aromatic heterocycles. The number of hydrogen-bond donors (Lipinski definition) is 1. The van der Waals surface area contributed by atoms with Crippen LogP contribution in [0, 0.1) is 0 Å². The second-order valence-corrected chi connectivity index (χ2v) is 10.4. The molecule has 1 unspecified atom stereocenters. The molecule has 36 heavy (non-hydrogen) atoms. The van der Waals surface area contributed by atoms with Crippen molar-refractivity contribution in [3.8, 4) is 0 Å². The van der Waals surface area contributed by atoms with E-state index >= 15 is 4.39 Å². The lowest BCUT2D eigenvalue weighted by Crippen LogP contribution is -2.54. The normalized spacial score (nSPS) is 19.9. The first-order valence-corrected chi connectivity index (χ1v) is 13.4. The lowest BCUT2D eigenvalue weighted by molar-refractivity contribution is -0.127. The van der Waals surface area contributed by atoms with Crippen molar-refractivity contribution >= 4 is 22.7 Å². The molecule has 7 heteroatoms. The number of halogens is 1. The molecule has 2 aromatic rings. The van der Waals surface area contributed by atoms with Gasteiger partial charge in [0.15, 0.2) is 5.78 Å². The molecule has 0 saturated heterocycles. The van der Waals surface area contributed by atoms with Gasteiger partial charge in [-0.2, -0.15) is 0 Å². The summed E-state index contributed by atoms with van der Waals surface area (Å²) in [4.78, 5) is 32.3. The van der Waals surface area contributed by atoms with E-state index in [0.29, 0.717) is 37.9 Å². The first-order valence-electron chi connectivity index (χ1n) is 13.4. The summed E-state index contributed by atoms with van der Waals surface area (Å²) >= 11 is 0. The van der Waals surface area contributed by atoms with Crippen LogP contribution >= 0.6 is 0 Å². The van der Waals surface area contributed by atoms with Crippen LogP contribution in [0.3, 0.4) is 0 Å². The number of imidazole rings is 1. The molecular formula is C29H39FN4O2. The monoisotopic (exact) mass is 494 g/mol. The Morgan fingerprint density at radius 1 is 1.28 bits per heavy atom. The number of aryl methyl sites for hydroxylation is 1. The van der Waals surface area contributed by atoms with Gasteiger partial charge in [-0.3, -0.25) is 9.59 Å². The molecule has 2 aliphatic rings. The van der Waals surface area contributed by atoms with Crippen molar-refractivity contribution in [2.45, 2.75) is 83.1 Å². The minimum absolute atomic E-state index is 0.0422. The lowest BCUT2D eigenvalue weighted by atomic mass is 9.72. The highest BCUT2D eigenvalue weighted by molar-refractivity contribution is 6.03. The number of carbonyl (C=O) groups is 2. The number of nitrogens with two attached hydrogens (primary N) is 1. The van der Waals surface area contributed by atoms with E-state index < -0.39 is 5.54 Å². The summed E-state index contributed by atoms with van der Waals surface area (Å²) in [6, 6.07) is 6.12. The third kappa shape index (κ3) is 5.31. The molecule has 194 valence electrons. The minimum atomic E-state index is -0.700. The van der Waals surface area contributed by atoms with Gasteiger partial charge in [0.1, 0.15) is 5.83 Å². The number of fused-ring (bicyclic) bond motifs is 1. The Morgan fingerprint density at radius 3 is 2.69 bits per heavy atom. The summed E-state index contributed by atoms with van der Waals surface area (Å²) in [6.07, 6.45) is 9.60. The number of ketones is 1. The van der Waals surface area contributed by atoms with E-state index in [0.717, 1.165) is 54.3 Å². The van der Waals surface area contributed by atoms with E-state index in [2.05, 4.69) is 4.98 Å². The number of rotatable bonds is 10. The molecule has 2 aliphatic carbocycles. The van der Waals surface area contributed by atoms with Crippen LogP contribution in [0.1, 0.15) is 83.1 Å². The van der Waals surface area contributed by atoms with Crippen molar-refractivity contribution < 1.29 is 14.0 Å². The van der Waals surface area contributed by atoms with E-state index in [4.69, 9.17) is 5.73 Å². The fourth-order valence-electron chi connectivity index (χ4n) is 5.48. The molecule has 1 atom stereocenters. The molecule has 0 spiro atoms. The predicted molar refractivity (Wildman–Crippen MR) is 141 cm³/mol. The van der Waals surface area contributed by atoms with Crippen molar-refractivity contribution in [1.29, 1.82) is 0 Å². The smallest absolute Gasteiger partial charge is 0.252 e. The van der Waals surface area contributed by atoms with Crippen molar-refractivity contribution in [1.82, 2.24) is 14.5 Å². The number of hydrogen-bond acceptors (Lipinski definition) is 4. The molecule has 1 aromatic carbocycles. The summed E-state index contributed by atoms with van der Waals surface area (Å²) in [7, 11) is 1.96. The van der Waals surface area contributed by atoms with Crippen LogP contribution < -0.4 is 5.73 Å². The first-order chi connectivity index (χ1) is 17.3. The Hall–Kier alpha value is -2.80. The Bertz CT molecular complexity index is 1190. The van der Waals surface area contributed by atoms with Gasteiger partial charge in [0, 0.05) is 32.1 Å². The maximum Gasteiger partial charge on any atom is 0.252 e. The van der Waals surface area contributed by atoms with Gasteiger partial charge in [0.2, 0.25) is 0 Å². The zero-order chi connectivity index (χ0) is 25.9. The molecule has 0 radical (unpaired) electrons. The van der Waals surface area contributed by atoms with Gasteiger partial charge in [-0.15, -0.1) is 0 Å². The number of aromatic nitrogens is 2. The number of carbonyl (C=O) groups excluding carboxylic acids is 2. The largest absolute Gasteiger partial charge is 0.339 e.